The number of hydrogen-bond acceptors (Lipinski definition) is 3. The third kappa shape index (κ3) is 3.79. The van der Waals surface area contributed by atoms with Crippen LogP contribution < -0.4 is 10.5 Å². The zero-order valence-electron chi connectivity index (χ0n) is 9.99. The Kier molecular flexibility index (Phi) is 4.51. The molecule has 4 heteroatoms. The Bertz CT molecular complexity index is 364. The van der Waals surface area contributed by atoms with Crippen LogP contribution in [0.1, 0.15) is 19.3 Å². The highest BCUT2D eigenvalue weighted by Crippen LogP contribution is 2.26. The highest BCUT2D eigenvalue weighted by molar-refractivity contribution is 6.32. The molecule has 0 atom stereocenters. The van der Waals surface area contributed by atoms with Crippen LogP contribution in [0.2, 0.25) is 5.02 Å². The Morgan fingerprint density at radius 3 is 2.76 bits per heavy atom. The van der Waals surface area contributed by atoms with Gasteiger partial charge in [-0.05, 0) is 50.6 Å². The van der Waals surface area contributed by atoms with Crippen LogP contribution >= 0.6 is 11.6 Å². The molecule has 1 aliphatic rings. The van der Waals surface area contributed by atoms with Crippen molar-refractivity contribution < 1.29 is 4.74 Å². The predicted octanol–water partition coefficient (Wildman–Crippen LogP) is 2.79. The van der Waals surface area contributed by atoms with E-state index in [1.165, 1.54) is 25.9 Å². The van der Waals surface area contributed by atoms with Gasteiger partial charge >= 0.3 is 0 Å². The lowest BCUT2D eigenvalue weighted by molar-refractivity contribution is 0.263. The standard InChI is InChI=1S/C13H19ClN2O/c14-12-10-11(15)4-5-13(12)17-9-3-8-16-6-1-2-7-16/h4-5,10H,1-3,6-9,15H2. The van der Waals surface area contributed by atoms with E-state index in [0.717, 1.165) is 18.7 Å². The van der Waals surface area contributed by atoms with Crippen LogP contribution in [0.3, 0.4) is 0 Å². The molecule has 1 saturated heterocycles. The molecule has 0 spiro atoms. The van der Waals surface area contributed by atoms with Crippen molar-refractivity contribution in [1.29, 1.82) is 0 Å². The van der Waals surface area contributed by atoms with Gasteiger partial charge in [0.05, 0.1) is 11.6 Å². The van der Waals surface area contributed by atoms with E-state index < -0.39 is 0 Å². The summed E-state index contributed by atoms with van der Waals surface area (Å²) < 4.78 is 5.64. The summed E-state index contributed by atoms with van der Waals surface area (Å²) in [5.74, 6) is 0.724. The topological polar surface area (TPSA) is 38.5 Å². The first-order valence-corrected chi connectivity index (χ1v) is 6.54. The minimum atomic E-state index is 0.589. The van der Waals surface area contributed by atoms with Gasteiger partial charge in [0.15, 0.2) is 0 Å². The third-order valence-corrected chi connectivity index (χ3v) is 3.33. The lowest BCUT2D eigenvalue weighted by atomic mass is 10.3. The van der Waals surface area contributed by atoms with Gasteiger partial charge in [-0.1, -0.05) is 11.6 Å². The molecular formula is C13H19ClN2O. The highest BCUT2D eigenvalue weighted by Gasteiger charge is 2.10. The summed E-state index contributed by atoms with van der Waals surface area (Å²) in [4.78, 5) is 2.48. The van der Waals surface area contributed by atoms with E-state index in [4.69, 9.17) is 22.1 Å². The maximum atomic E-state index is 6.02. The molecule has 3 nitrogen and oxygen atoms in total. The van der Waals surface area contributed by atoms with E-state index in [0.29, 0.717) is 17.3 Å². The Hall–Kier alpha value is -0.930. The molecule has 2 N–H and O–H groups in total. The van der Waals surface area contributed by atoms with E-state index in [1.807, 2.05) is 12.1 Å². The second-order valence-corrected chi connectivity index (χ2v) is 4.85. The van der Waals surface area contributed by atoms with E-state index in [9.17, 15) is 0 Å². The average molecular weight is 255 g/mol. The Morgan fingerprint density at radius 2 is 2.06 bits per heavy atom. The Labute approximate surface area is 107 Å². The molecule has 0 unspecified atom stereocenters. The first-order valence-electron chi connectivity index (χ1n) is 6.16. The van der Waals surface area contributed by atoms with Crippen LogP contribution in [0.4, 0.5) is 5.69 Å². The summed E-state index contributed by atoms with van der Waals surface area (Å²) in [6.45, 7) is 4.30. The zero-order valence-corrected chi connectivity index (χ0v) is 10.7. The number of ether oxygens (including phenoxy) is 1. The van der Waals surface area contributed by atoms with Gasteiger partial charge in [0.25, 0.3) is 0 Å². The third-order valence-electron chi connectivity index (χ3n) is 3.03. The molecule has 1 aromatic carbocycles. The highest BCUT2D eigenvalue weighted by atomic mass is 35.5. The lowest BCUT2D eigenvalue weighted by Gasteiger charge is -2.14. The molecule has 1 heterocycles. The summed E-state index contributed by atoms with van der Waals surface area (Å²) in [7, 11) is 0. The van der Waals surface area contributed by atoms with E-state index >= 15 is 0 Å². The normalized spacial score (nSPS) is 16.3. The van der Waals surface area contributed by atoms with Gasteiger partial charge in [-0.25, -0.2) is 0 Å². The quantitative estimate of drug-likeness (QED) is 0.649. The molecule has 0 aliphatic carbocycles. The van der Waals surface area contributed by atoms with Crippen molar-refractivity contribution in [3.63, 3.8) is 0 Å². The molecule has 0 radical (unpaired) electrons. The molecule has 17 heavy (non-hydrogen) atoms. The van der Waals surface area contributed by atoms with Gasteiger partial charge in [0.1, 0.15) is 5.75 Å². The van der Waals surface area contributed by atoms with Crippen molar-refractivity contribution in [3.05, 3.63) is 23.2 Å². The smallest absolute Gasteiger partial charge is 0.138 e. The summed E-state index contributed by atoms with van der Waals surface area (Å²) in [6, 6.07) is 5.35. The number of rotatable bonds is 5. The van der Waals surface area contributed by atoms with E-state index in [1.54, 1.807) is 6.07 Å². The summed E-state index contributed by atoms with van der Waals surface area (Å²) in [6.07, 6.45) is 3.72. The molecule has 1 fully saturated rings. The van der Waals surface area contributed by atoms with E-state index in [-0.39, 0.29) is 0 Å². The van der Waals surface area contributed by atoms with Crippen LogP contribution in [0.5, 0.6) is 5.75 Å². The second kappa shape index (κ2) is 6.12. The fraction of sp³-hybridized carbons (Fsp3) is 0.538. The number of hydrogen-bond donors (Lipinski definition) is 1. The molecule has 94 valence electrons. The summed E-state index contributed by atoms with van der Waals surface area (Å²) in [5, 5.41) is 0.589. The molecule has 2 rings (SSSR count). The first kappa shape index (κ1) is 12.5. The maximum absolute atomic E-state index is 6.02. The van der Waals surface area contributed by atoms with Crippen molar-refractivity contribution in [1.82, 2.24) is 4.90 Å². The monoisotopic (exact) mass is 254 g/mol. The van der Waals surface area contributed by atoms with Crippen LogP contribution in [0, 0.1) is 0 Å². The fourth-order valence-electron chi connectivity index (χ4n) is 2.11. The van der Waals surface area contributed by atoms with Crippen LogP contribution in [-0.2, 0) is 0 Å². The minimum Gasteiger partial charge on any atom is -0.492 e. The number of likely N-dealkylation sites (tertiary alicyclic amines) is 1. The maximum Gasteiger partial charge on any atom is 0.138 e. The Morgan fingerprint density at radius 1 is 1.29 bits per heavy atom. The SMILES string of the molecule is Nc1ccc(OCCCN2CCCC2)c(Cl)c1. The molecular weight excluding hydrogens is 236 g/mol. The van der Waals surface area contributed by atoms with Gasteiger partial charge in [-0.2, -0.15) is 0 Å². The van der Waals surface area contributed by atoms with Crippen molar-refractivity contribution in [2.45, 2.75) is 19.3 Å². The molecule has 1 aromatic rings. The molecule has 0 amide bonds. The molecule has 0 bridgehead atoms. The summed E-state index contributed by atoms with van der Waals surface area (Å²) in [5.41, 5.74) is 6.28. The number of nitrogens with zero attached hydrogens (tertiary/aromatic N) is 1. The van der Waals surface area contributed by atoms with Crippen LogP contribution in [-0.4, -0.2) is 31.1 Å². The van der Waals surface area contributed by atoms with Gasteiger partial charge in [-0.15, -0.1) is 0 Å². The second-order valence-electron chi connectivity index (χ2n) is 4.44. The van der Waals surface area contributed by atoms with E-state index in [2.05, 4.69) is 4.90 Å². The number of benzene rings is 1. The van der Waals surface area contributed by atoms with Gasteiger partial charge in [-0.3, -0.25) is 0 Å². The number of nitrogens with two attached hydrogens (primary N) is 1. The average Bonchev–Trinajstić information content (AvgIpc) is 2.79. The summed E-state index contributed by atoms with van der Waals surface area (Å²) >= 11 is 6.02. The van der Waals surface area contributed by atoms with Crippen molar-refractivity contribution in [2.75, 3.05) is 32.0 Å². The van der Waals surface area contributed by atoms with Gasteiger partial charge < -0.3 is 15.4 Å². The zero-order chi connectivity index (χ0) is 12.1. The molecule has 0 aromatic heterocycles. The molecule has 0 saturated carbocycles. The van der Waals surface area contributed by atoms with Gasteiger partial charge in [0.2, 0.25) is 0 Å². The molecule has 1 aliphatic heterocycles. The largest absolute Gasteiger partial charge is 0.492 e. The van der Waals surface area contributed by atoms with Gasteiger partial charge in [0, 0.05) is 12.2 Å². The fourth-order valence-corrected chi connectivity index (χ4v) is 2.35. The number of halogens is 1. The van der Waals surface area contributed by atoms with Crippen molar-refractivity contribution >= 4 is 17.3 Å². The number of nitrogen functional groups attached to an aromatic ring is 1. The lowest BCUT2D eigenvalue weighted by Crippen LogP contribution is -2.21. The Balaban J connectivity index is 1.70. The predicted molar refractivity (Wildman–Crippen MR) is 71.7 cm³/mol. The van der Waals surface area contributed by atoms with Crippen molar-refractivity contribution in [2.24, 2.45) is 0 Å². The van der Waals surface area contributed by atoms with Crippen LogP contribution in [0.15, 0.2) is 18.2 Å². The number of anilines is 1. The first-order chi connectivity index (χ1) is 8.25. The minimum absolute atomic E-state index is 0.589. The van der Waals surface area contributed by atoms with Crippen LogP contribution in [0.25, 0.3) is 0 Å². The van der Waals surface area contributed by atoms with Crippen molar-refractivity contribution in [3.8, 4) is 5.75 Å².